The summed E-state index contributed by atoms with van der Waals surface area (Å²) in [7, 11) is 0. The van der Waals surface area contributed by atoms with E-state index in [1.54, 1.807) is 0 Å². The number of carbonyl (C=O) groups is 1. The molecule has 2 N–H and O–H groups in total. The van der Waals surface area contributed by atoms with Crippen LogP contribution in [0.1, 0.15) is 47.2 Å². The molecule has 4 aromatic rings. The van der Waals surface area contributed by atoms with Crippen LogP contribution in [0.2, 0.25) is 0 Å². The van der Waals surface area contributed by atoms with Crippen LogP contribution in [0.4, 0.5) is 11.4 Å². The smallest absolute Gasteiger partial charge is 0.221 e. The van der Waals surface area contributed by atoms with Gasteiger partial charge in [0.2, 0.25) is 5.91 Å². The van der Waals surface area contributed by atoms with Gasteiger partial charge in [0.25, 0.3) is 0 Å². The maximum absolute atomic E-state index is 11.5. The minimum absolute atomic E-state index is 0.105. The molecule has 2 atom stereocenters. The van der Waals surface area contributed by atoms with Crippen molar-refractivity contribution >= 4 is 34.6 Å². The zero-order chi connectivity index (χ0) is 25.4. The molecule has 182 valence electrons. The van der Waals surface area contributed by atoms with Crippen LogP contribution in [-0.4, -0.2) is 25.6 Å². The highest BCUT2D eigenvalue weighted by Gasteiger charge is 2.42. The van der Waals surface area contributed by atoms with Crippen LogP contribution < -0.4 is 15.5 Å². The molecule has 1 aliphatic rings. The molecule has 5 rings (SSSR count). The maximum atomic E-state index is 11.5. The van der Waals surface area contributed by atoms with Crippen molar-refractivity contribution in [1.29, 1.82) is 0 Å². The molecule has 4 heterocycles. The standard InChI is InChI=1S/C28H28N6OS/c1-17-8-7-15-30-27(17)33-18(2)16-23(19(33)3)26-25(24-9-5-6-14-29-24)32-28(36)34(26)22-12-10-21(11-13-22)31-20(4)35/h5-16,25-26H,1-4H3,(H,31,35)(H,32,36)/t25-,26+/m0/s1. The van der Waals surface area contributed by atoms with Gasteiger partial charge in [-0.25, -0.2) is 4.98 Å². The van der Waals surface area contributed by atoms with Crippen molar-refractivity contribution in [2.45, 2.75) is 39.8 Å². The van der Waals surface area contributed by atoms with Gasteiger partial charge >= 0.3 is 0 Å². The third-order valence-corrected chi connectivity index (χ3v) is 6.86. The highest BCUT2D eigenvalue weighted by molar-refractivity contribution is 7.80. The zero-order valence-corrected chi connectivity index (χ0v) is 21.5. The lowest BCUT2D eigenvalue weighted by molar-refractivity contribution is -0.114. The Bertz CT molecular complexity index is 1430. The first-order chi connectivity index (χ1) is 17.3. The molecule has 0 aliphatic carbocycles. The number of thiocarbonyl (C=S) groups is 1. The van der Waals surface area contributed by atoms with Crippen LogP contribution in [0.3, 0.4) is 0 Å². The summed E-state index contributed by atoms with van der Waals surface area (Å²) < 4.78 is 2.21. The number of rotatable bonds is 5. The predicted octanol–water partition coefficient (Wildman–Crippen LogP) is 5.33. The van der Waals surface area contributed by atoms with E-state index in [0.29, 0.717) is 5.11 Å². The molecule has 0 radical (unpaired) electrons. The van der Waals surface area contributed by atoms with Crippen LogP contribution >= 0.6 is 12.2 Å². The first-order valence-electron chi connectivity index (χ1n) is 11.8. The third kappa shape index (κ3) is 4.24. The Morgan fingerprint density at radius 3 is 2.42 bits per heavy atom. The van der Waals surface area contributed by atoms with Crippen molar-refractivity contribution in [1.82, 2.24) is 19.9 Å². The molecular weight excluding hydrogens is 468 g/mol. The summed E-state index contributed by atoms with van der Waals surface area (Å²) in [5, 5.41) is 6.98. The van der Waals surface area contributed by atoms with Crippen molar-refractivity contribution in [2.24, 2.45) is 0 Å². The molecule has 36 heavy (non-hydrogen) atoms. The van der Waals surface area contributed by atoms with Gasteiger partial charge in [-0.3, -0.25) is 9.78 Å². The number of hydrogen-bond acceptors (Lipinski definition) is 4. The lowest BCUT2D eigenvalue weighted by Gasteiger charge is -2.28. The molecule has 1 fully saturated rings. The van der Waals surface area contributed by atoms with Crippen molar-refractivity contribution in [3.8, 4) is 5.82 Å². The molecule has 1 aromatic carbocycles. The van der Waals surface area contributed by atoms with Crippen molar-refractivity contribution in [3.63, 3.8) is 0 Å². The molecule has 0 saturated carbocycles. The highest BCUT2D eigenvalue weighted by Crippen LogP contribution is 2.43. The number of nitrogens with one attached hydrogen (secondary N) is 2. The molecule has 0 unspecified atom stereocenters. The van der Waals surface area contributed by atoms with Crippen molar-refractivity contribution < 1.29 is 4.79 Å². The second-order valence-electron chi connectivity index (χ2n) is 9.03. The number of aromatic nitrogens is 3. The molecule has 1 saturated heterocycles. The molecule has 1 amide bonds. The van der Waals surface area contributed by atoms with Gasteiger partial charge in [0, 0.05) is 42.1 Å². The van der Waals surface area contributed by atoms with Gasteiger partial charge in [-0.1, -0.05) is 12.1 Å². The van der Waals surface area contributed by atoms with E-state index in [1.165, 1.54) is 6.92 Å². The molecular formula is C28H28N6OS. The van der Waals surface area contributed by atoms with Crippen LogP contribution in [0.15, 0.2) is 73.1 Å². The van der Waals surface area contributed by atoms with Gasteiger partial charge in [0.15, 0.2) is 5.11 Å². The predicted molar refractivity (Wildman–Crippen MR) is 146 cm³/mol. The average Bonchev–Trinajstić information content (AvgIpc) is 3.35. The van der Waals surface area contributed by atoms with Crippen LogP contribution in [0, 0.1) is 20.8 Å². The van der Waals surface area contributed by atoms with Gasteiger partial charge < -0.3 is 20.1 Å². The summed E-state index contributed by atoms with van der Waals surface area (Å²) in [4.78, 5) is 23.0. The van der Waals surface area contributed by atoms with Gasteiger partial charge in [0.1, 0.15) is 5.82 Å². The number of pyridine rings is 2. The number of benzene rings is 1. The van der Waals surface area contributed by atoms with E-state index >= 15 is 0 Å². The fourth-order valence-corrected chi connectivity index (χ4v) is 5.33. The Balaban J connectivity index is 1.64. The van der Waals surface area contributed by atoms with E-state index in [2.05, 4.69) is 63.0 Å². The van der Waals surface area contributed by atoms with Crippen molar-refractivity contribution in [2.75, 3.05) is 10.2 Å². The highest BCUT2D eigenvalue weighted by atomic mass is 32.1. The fraction of sp³-hybridized carbons (Fsp3) is 0.214. The van der Waals surface area contributed by atoms with Crippen LogP contribution in [-0.2, 0) is 4.79 Å². The minimum Gasteiger partial charge on any atom is -0.351 e. The Morgan fingerprint density at radius 2 is 1.75 bits per heavy atom. The summed E-state index contributed by atoms with van der Waals surface area (Å²) in [5.74, 6) is 0.819. The van der Waals surface area contributed by atoms with E-state index in [4.69, 9.17) is 12.2 Å². The molecule has 7 nitrogen and oxygen atoms in total. The lowest BCUT2D eigenvalue weighted by atomic mass is 9.96. The summed E-state index contributed by atoms with van der Waals surface area (Å²) in [6.07, 6.45) is 3.63. The Morgan fingerprint density at radius 1 is 1.00 bits per heavy atom. The number of nitrogens with zero attached hydrogens (tertiary/aromatic N) is 4. The zero-order valence-electron chi connectivity index (χ0n) is 20.7. The molecule has 0 bridgehead atoms. The molecule has 8 heteroatoms. The SMILES string of the molecule is CC(=O)Nc1ccc(N2C(=S)N[C@@H](c3ccccn3)[C@H]2c2cc(C)n(-c3ncccc3C)c2C)cc1. The van der Waals surface area contributed by atoms with Gasteiger partial charge in [-0.05, 0) is 92.6 Å². The Kier molecular flexibility index (Phi) is 6.28. The maximum Gasteiger partial charge on any atom is 0.221 e. The number of hydrogen-bond donors (Lipinski definition) is 2. The largest absolute Gasteiger partial charge is 0.351 e. The normalized spacial score (nSPS) is 17.2. The van der Waals surface area contributed by atoms with Gasteiger partial charge in [0.05, 0.1) is 17.8 Å². The van der Waals surface area contributed by atoms with E-state index < -0.39 is 0 Å². The van der Waals surface area contributed by atoms with Crippen LogP contribution in [0.5, 0.6) is 0 Å². The third-order valence-electron chi connectivity index (χ3n) is 6.55. The molecule has 1 aliphatic heterocycles. The number of aryl methyl sites for hydroxylation is 2. The summed E-state index contributed by atoms with van der Waals surface area (Å²) in [6, 6.07) is 19.7. The Hall–Kier alpha value is -4.04. The first-order valence-corrected chi connectivity index (χ1v) is 12.2. The summed E-state index contributed by atoms with van der Waals surface area (Å²) in [6.45, 7) is 7.81. The fourth-order valence-electron chi connectivity index (χ4n) is 4.98. The molecule has 3 aromatic heterocycles. The van der Waals surface area contributed by atoms with Crippen molar-refractivity contribution in [3.05, 3.63) is 101 Å². The number of amides is 1. The van der Waals surface area contributed by atoms with E-state index in [-0.39, 0.29) is 18.0 Å². The first kappa shape index (κ1) is 23.7. The summed E-state index contributed by atoms with van der Waals surface area (Å²) >= 11 is 5.87. The topological polar surface area (TPSA) is 75.1 Å². The van der Waals surface area contributed by atoms with Crippen LogP contribution in [0.25, 0.3) is 5.82 Å². The second-order valence-corrected chi connectivity index (χ2v) is 9.42. The van der Waals surface area contributed by atoms with E-state index in [0.717, 1.165) is 45.4 Å². The second kappa shape index (κ2) is 9.54. The Labute approximate surface area is 216 Å². The average molecular weight is 497 g/mol. The van der Waals surface area contributed by atoms with Gasteiger partial charge in [-0.15, -0.1) is 0 Å². The minimum atomic E-state index is -0.146. The van der Waals surface area contributed by atoms with Gasteiger partial charge in [-0.2, -0.15) is 0 Å². The lowest BCUT2D eigenvalue weighted by Crippen LogP contribution is -2.29. The van der Waals surface area contributed by atoms with E-state index in [1.807, 2.05) is 60.9 Å². The molecule has 0 spiro atoms. The quantitative estimate of drug-likeness (QED) is 0.364. The number of anilines is 2. The summed E-state index contributed by atoms with van der Waals surface area (Å²) in [5.41, 5.74) is 7.05. The van der Waals surface area contributed by atoms with E-state index in [9.17, 15) is 4.79 Å². The monoisotopic (exact) mass is 496 g/mol. The number of carbonyl (C=O) groups excluding carboxylic acids is 1.